The molecule has 4 nitrogen and oxygen atoms in total. The van der Waals surface area contributed by atoms with Gasteiger partial charge < -0.3 is 5.32 Å². The fourth-order valence-electron chi connectivity index (χ4n) is 2.10. The summed E-state index contributed by atoms with van der Waals surface area (Å²) in [6.07, 6.45) is 2.11. The molecule has 0 spiro atoms. The minimum absolute atomic E-state index is 0. The van der Waals surface area contributed by atoms with Gasteiger partial charge in [-0.1, -0.05) is 17.7 Å². The van der Waals surface area contributed by atoms with Crippen LogP contribution in [-0.4, -0.2) is 27.5 Å². The lowest BCUT2D eigenvalue weighted by Gasteiger charge is -2.13. The summed E-state index contributed by atoms with van der Waals surface area (Å²) in [6, 6.07) is 5.15. The summed E-state index contributed by atoms with van der Waals surface area (Å²) < 4.78 is 27.0. The molecular formula is C12H18Cl2N2O2S. The summed E-state index contributed by atoms with van der Waals surface area (Å²) in [4.78, 5) is 0.257. The lowest BCUT2D eigenvalue weighted by atomic mass is 10.2. The Balaban J connectivity index is 0.00000180. The van der Waals surface area contributed by atoms with Crippen LogP contribution in [0.4, 0.5) is 0 Å². The van der Waals surface area contributed by atoms with Crippen molar-refractivity contribution in [3.63, 3.8) is 0 Å². The van der Waals surface area contributed by atoms with Gasteiger partial charge in [0.25, 0.3) is 0 Å². The summed E-state index contributed by atoms with van der Waals surface area (Å²) in [7, 11) is -3.48. The fourth-order valence-corrected chi connectivity index (χ4v) is 3.68. The Bertz CT molecular complexity index is 529. The monoisotopic (exact) mass is 324 g/mol. The van der Waals surface area contributed by atoms with E-state index in [-0.39, 0.29) is 23.3 Å². The molecule has 1 aliphatic rings. The molecule has 1 fully saturated rings. The third kappa shape index (κ3) is 4.07. The third-order valence-corrected chi connectivity index (χ3v) is 5.17. The second-order valence-corrected chi connectivity index (χ2v) is 6.65. The van der Waals surface area contributed by atoms with E-state index < -0.39 is 10.0 Å². The summed E-state index contributed by atoms with van der Waals surface area (Å²) in [5, 5.41) is 3.72. The fraction of sp³-hybridized carbons (Fsp3) is 0.500. The number of halogens is 2. The second-order valence-electron chi connectivity index (χ2n) is 4.51. The van der Waals surface area contributed by atoms with Crippen molar-refractivity contribution in [2.45, 2.75) is 30.7 Å². The summed E-state index contributed by atoms with van der Waals surface area (Å²) in [5.41, 5.74) is 0.589. The molecule has 1 aromatic carbocycles. The van der Waals surface area contributed by atoms with Crippen LogP contribution < -0.4 is 10.0 Å². The van der Waals surface area contributed by atoms with Crippen LogP contribution in [0.15, 0.2) is 23.1 Å². The molecule has 0 aliphatic carbocycles. The smallest absolute Gasteiger partial charge is 0.240 e. The van der Waals surface area contributed by atoms with Crippen molar-refractivity contribution >= 4 is 34.0 Å². The van der Waals surface area contributed by atoms with E-state index in [0.29, 0.717) is 17.1 Å². The number of rotatable bonds is 4. The van der Waals surface area contributed by atoms with Gasteiger partial charge in [-0.15, -0.1) is 12.4 Å². The lowest BCUT2D eigenvalue weighted by molar-refractivity contribution is 0.551. The van der Waals surface area contributed by atoms with Gasteiger partial charge in [-0.3, -0.25) is 0 Å². The van der Waals surface area contributed by atoms with Gasteiger partial charge in [0.05, 0.1) is 4.90 Å². The van der Waals surface area contributed by atoms with Gasteiger partial charge in [-0.05, 0) is 44.0 Å². The average molecular weight is 325 g/mol. The van der Waals surface area contributed by atoms with Crippen molar-refractivity contribution in [2.24, 2.45) is 0 Å². The maximum Gasteiger partial charge on any atom is 0.240 e. The number of benzene rings is 1. The lowest BCUT2D eigenvalue weighted by Crippen LogP contribution is -2.37. The molecule has 2 N–H and O–H groups in total. The first kappa shape index (κ1) is 16.7. The molecule has 7 heteroatoms. The first-order valence-electron chi connectivity index (χ1n) is 5.99. The Morgan fingerprint density at radius 3 is 2.84 bits per heavy atom. The number of nitrogens with one attached hydrogen (secondary N) is 2. The Labute approximate surface area is 125 Å². The molecule has 2 rings (SSSR count). The zero-order valence-electron chi connectivity index (χ0n) is 10.6. The third-order valence-electron chi connectivity index (χ3n) is 3.19. The summed E-state index contributed by atoms with van der Waals surface area (Å²) in [5.74, 6) is 0. The molecule has 0 aromatic heterocycles. The highest BCUT2D eigenvalue weighted by Crippen LogP contribution is 2.22. The van der Waals surface area contributed by atoms with Crippen molar-refractivity contribution < 1.29 is 8.42 Å². The summed E-state index contributed by atoms with van der Waals surface area (Å²) >= 11 is 5.94. The highest BCUT2D eigenvalue weighted by Gasteiger charge is 2.21. The molecule has 108 valence electrons. The zero-order chi connectivity index (χ0) is 13.2. The maximum absolute atomic E-state index is 12.2. The van der Waals surface area contributed by atoms with Crippen molar-refractivity contribution in [2.75, 3.05) is 13.1 Å². The minimum Gasteiger partial charge on any atom is -0.313 e. The Morgan fingerprint density at radius 2 is 2.21 bits per heavy atom. The molecule has 1 aromatic rings. The van der Waals surface area contributed by atoms with E-state index in [4.69, 9.17) is 11.6 Å². The van der Waals surface area contributed by atoms with E-state index in [1.54, 1.807) is 25.1 Å². The normalized spacial score (nSPS) is 19.2. The van der Waals surface area contributed by atoms with Gasteiger partial charge in [0, 0.05) is 17.6 Å². The van der Waals surface area contributed by atoms with E-state index in [1.807, 2.05) is 0 Å². The standard InChI is InChI=1S/C12H17ClN2O2S.ClH/c1-9-11(13)5-2-6-12(9)18(16,17)15-8-10-4-3-7-14-10;/h2,5-6,10,14-15H,3-4,7-8H2,1H3;1H. The first-order valence-corrected chi connectivity index (χ1v) is 7.85. The van der Waals surface area contributed by atoms with Crippen LogP contribution in [0.5, 0.6) is 0 Å². The predicted molar refractivity (Wildman–Crippen MR) is 79.7 cm³/mol. The van der Waals surface area contributed by atoms with Crippen LogP contribution in [-0.2, 0) is 10.0 Å². The Morgan fingerprint density at radius 1 is 1.47 bits per heavy atom. The molecule has 1 atom stereocenters. The second kappa shape index (κ2) is 6.90. The Kier molecular flexibility index (Phi) is 6.08. The van der Waals surface area contributed by atoms with Crippen LogP contribution in [0.2, 0.25) is 5.02 Å². The van der Waals surface area contributed by atoms with Crippen LogP contribution >= 0.6 is 24.0 Å². The van der Waals surface area contributed by atoms with Crippen LogP contribution in [0.1, 0.15) is 18.4 Å². The first-order chi connectivity index (χ1) is 8.50. The largest absolute Gasteiger partial charge is 0.313 e. The van der Waals surface area contributed by atoms with Gasteiger partial charge >= 0.3 is 0 Å². The predicted octanol–water partition coefficient (Wildman–Crippen LogP) is 2.10. The maximum atomic E-state index is 12.2. The van der Waals surface area contributed by atoms with Crippen molar-refractivity contribution in [3.05, 3.63) is 28.8 Å². The molecule has 1 heterocycles. The van der Waals surface area contributed by atoms with Crippen molar-refractivity contribution in [3.8, 4) is 0 Å². The highest BCUT2D eigenvalue weighted by molar-refractivity contribution is 7.89. The molecule has 19 heavy (non-hydrogen) atoms. The Hall–Kier alpha value is -0.330. The molecule has 0 bridgehead atoms. The topological polar surface area (TPSA) is 58.2 Å². The minimum atomic E-state index is -3.48. The molecule has 0 amide bonds. The van der Waals surface area contributed by atoms with Gasteiger partial charge in [0.1, 0.15) is 0 Å². The molecule has 0 saturated carbocycles. The van der Waals surface area contributed by atoms with E-state index in [1.165, 1.54) is 0 Å². The van der Waals surface area contributed by atoms with Gasteiger partial charge in [0.2, 0.25) is 10.0 Å². The van der Waals surface area contributed by atoms with Crippen LogP contribution in [0.25, 0.3) is 0 Å². The molecule has 0 radical (unpaired) electrons. The molecule has 1 aliphatic heterocycles. The van der Waals surface area contributed by atoms with Gasteiger partial charge in [0.15, 0.2) is 0 Å². The van der Waals surface area contributed by atoms with E-state index in [2.05, 4.69) is 10.0 Å². The average Bonchev–Trinajstić information content (AvgIpc) is 2.83. The van der Waals surface area contributed by atoms with Gasteiger partial charge in [-0.25, -0.2) is 13.1 Å². The number of hydrogen-bond donors (Lipinski definition) is 2. The van der Waals surface area contributed by atoms with E-state index in [9.17, 15) is 8.42 Å². The molecular weight excluding hydrogens is 307 g/mol. The number of sulfonamides is 1. The van der Waals surface area contributed by atoms with Crippen molar-refractivity contribution in [1.29, 1.82) is 0 Å². The molecule has 1 saturated heterocycles. The van der Waals surface area contributed by atoms with Crippen LogP contribution in [0, 0.1) is 6.92 Å². The van der Waals surface area contributed by atoms with E-state index in [0.717, 1.165) is 19.4 Å². The SMILES string of the molecule is Cc1c(Cl)cccc1S(=O)(=O)NCC1CCCN1.Cl. The quantitative estimate of drug-likeness (QED) is 0.891. The highest BCUT2D eigenvalue weighted by atomic mass is 35.5. The van der Waals surface area contributed by atoms with E-state index >= 15 is 0 Å². The van der Waals surface area contributed by atoms with Crippen molar-refractivity contribution in [1.82, 2.24) is 10.0 Å². The zero-order valence-corrected chi connectivity index (χ0v) is 13.0. The molecule has 1 unspecified atom stereocenters. The summed E-state index contributed by atoms with van der Waals surface area (Å²) in [6.45, 7) is 3.10. The number of hydrogen-bond acceptors (Lipinski definition) is 3. The van der Waals surface area contributed by atoms with Gasteiger partial charge in [-0.2, -0.15) is 0 Å². The van der Waals surface area contributed by atoms with Crippen LogP contribution in [0.3, 0.4) is 0 Å².